The largest absolute Gasteiger partial charge is 0.481 e. The van der Waals surface area contributed by atoms with E-state index in [0.717, 1.165) is 0 Å². The number of fused-ring (bicyclic) bond motifs is 1. The van der Waals surface area contributed by atoms with Crippen molar-refractivity contribution in [1.82, 2.24) is 14.8 Å². The highest BCUT2D eigenvalue weighted by atomic mass is 32.2. The number of allylic oxidation sites excluding steroid dienone is 1. The third-order valence-electron chi connectivity index (χ3n) is 4.98. The van der Waals surface area contributed by atoms with Gasteiger partial charge in [-0.05, 0) is 19.9 Å². The maximum absolute atomic E-state index is 13.0. The molecule has 2 saturated heterocycles. The molecule has 3 heterocycles. The lowest BCUT2D eigenvalue weighted by atomic mass is 10.0. The molecule has 1 aromatic heterocycles. The van der Waals surface area contributed by atoms with Gasteiger partial charge in [-0.1, -0.05) is 11.6 Å². The predicted octanol–water partition coefficient (Wildman–Crippen LogP) is 0.980. The summed E-state index contributed by atoms with van der Waals surface area (Å²) in [6, 6.07) is 2.76. The Balaban J connectivity index is 1.85. The summed E-state index contributed by atoms with van der Waals surface area (Å²) >= 11 is 0. The topological polar surface area (TPSA) is 79.8 Å². The number of methoxy groups -OCH3 is 1. The van der Waals surface area contributed by atoms with E-state index in [-0.39, 0.29) is 29.5 Å². The number of piperazine rings is 1. The van der Waals surface area contributed by atoms with Gasteiger partial charge in [-0.3, -0.25) is 9.69 Å². The number of aromatic nitrogens is 1. The van der Waals surface area contributed by atoms with Gasteiger partial charge in [-0.25, -0.2) is 13.4 Å². The molecule has 26 heavy (non-hydrogen) atoms. The Morgan fingerprint density at radius 2 is 2.04 bits per heavy atom. The van der Waals surface area contributed by atoms with Gasteiger partial charge in [0.05, 0.1) is 24.7 Å². The smallest absolute Gasteiger partial charge is 0.254 e. The molecule has 2 atom stereocenters. The third-order valence-corrected chi connectivity index (χ3v) is 6.68. The van der Waals surface area contributed by atoms with Crippen molar-refractivity contribution < 1.29 is 17.9 Å². The Bertz CT molecular complexity index is 817. The molecule has 0 spiro atoms. The summed E-state index contributed by atoms with van der Waals surface area (Å²) < 4.78 is 29.6. The highest BCUT2D eigenvalue weighted by Gasteiger charge is 2.47. The van der Waals surface area contributed by atoms with Crippen LogP contribution in [0.1, 0.15) is 24.2 Å². The number of pyridine rings is 1. The molecule has 0 radical (unpaired) electrons. The first kappa shape index (κ1) is 18.8. The van der Waals surface area contributed by atoms with Gasteiger partial charge < -0.3 is 9.64 Å². The Labute approximate surface area is 154 Å². The van der Waals surface area contributed by atoms with Crippen molar-refractivity contribution in [3.63, 3.8) is 0 Å². The molecule has 2 aliphatic rings. The van der Waals surface area contributed by atoms with Gasteiger partial charge in [-0.2, -0.15) is 0 Å². The quantitative estimate of drug-likeness (QED) is 0.726. The van der Waals surface area contributed by atoms with E-state index >= 15 is 0 Å². The van der Waals surface area contributed by atoms with Crippen molar-refractivity contribution in [1.29, 1.82) is 0 Å². The number of amides is 1. The van der Waals surface area contributed by atoms with Crippen LogP contribution in [0.25, 0.3) is 0 Å². The number of hydrogen-bond donors (Lipinski definition) is 0. The summed E-state index contributed by atoms with van der Waals surface area (Å²) in [5.74, 6) is 0.336. The van der Waals surface area contributed by atoms with E-state index < -0.39 is 9.84 Å². The average molecular weight is 379 g/mol. The van der Waals surface area contributed by atoms with Gasteiger partial charge >= 0.3 is 0 Å². The van der Waals surface area contributed by atoms with Gasteiger partial charge in [0.25, 0.3) is 5.91 Å². The van der Waals surface area contributed by atoms with Crippen LogP contribution >= 0.6 is 0 Å². The Kier molecular flexibility index (Phi) is 5.34. The van der Waals surface area contributed by atoms with Crippen molar-refractivity contribution in [2.75, 3.05) is 38.2 Å². The normalized spacial score (nSPS) is 24.8. The van der Waals surface area contributed by atoms with E-state index in [9.17, 15) is 13.2 Å². The maximum atomic E-state index is 13.0. The zero-order valence-electron chi connectivity index (χ0n) is 15.4. The summed E-state index contributed by atoms with van der Waals surface area (Å²) in [5, 5.41) is 0. The fraction of sp³-hybridized carbons (Fsp3) is 0.556. The molecule has 142 valence electrons. The van der Waals surface area contributed by atoms with Gasteiger partial charge in [0.2, 0.25) is 5.88 Å². The average Bonchev–Trinajstić information content (AvgIpc) is 2.94. The zero-order chi connectivity index (χ0) is 18.9. The first-order chi connectivity index (χ1) is 12.3. The number of carbonyl (C=O) groups is 1. The lowest BCUT2D eigenvalue weighted by Gasteiger charge is -2.43. The Morgan fingerprint density at radius 3 is 2.73 bits per heavy atom. The number of nitrogens with zero attached hydrogens (tertiary/aromatic N) is 3. The molecule has 3 rings (SSSR count). The molecule has 0 aliphatic carbocycles. The lowest BCUT2D eigenvalue weighted by Crippen LogP contribution is -2.60. The van der Waals surface area contributed by atoms with Crippen LogP contribution in [0.3, 0.4) is 0 Å². The Morgan fingerprint density at radius 1 is 1.31 bits per heavy atom. The molecular formula is C18H25N3O4S. The lowest BCUT2D eigenvalue weighted by molar-refractivity contribution is 0.0368. The van der Waals surface area contributed by atoms with Gasteiger partial charge in [-0.15, -0.1) is 0 Å². The molecule has 0 bridgehead atoms. The number of hydrogen-bond acceptors (Lipinski definition) is 6. The molecular weight excluding hydrogens is 354 g/mol. The summed E-state index contributed by atoms with van der Waals surface area (Å²) in [6.07, 6.45) is 3.63. The number of ether oxygens (including phenoxy) is 1. The third kappa shape index (κ3) is 3.91. The SMILES string of the molecule is COc1cc(C(=O)N2CCN(CC=C(C)C)[C@@H]3CS(=O)(=O)C[C@@H]32)ccn1. The highest BCUT2D eigenvalue weighted by Crippen LogP contribution is 2.28. The van der Waals surface area contributed by atoms with E-state index in [2.05, 4.69) is 16.0 Å². The molecule has 2 aliphatic heterocycles. The minimum absolute atomic E-state index is 0.0247. The fourth-order valence-electron chi connectivity index (χ4n) is 3.62. The van der Waals surface area contributed by atoms with E-state index in [1.807, 2.05) is 13.8 Å². The van der Waals surface area contributed by atoms with Crippen LogP contribution in [-0.2, 0) is 9.84 Å². The predicted molar refractivity (Wildman–Crippen MR) is 99.1 cm³/mol. The molecule has 2 fully saturated rings. The van der Waals surface area contributed by atoms with Crippen LogP contribution in [0, 0.1) is 0 Å². The van der Waals surface area contributed by atoms with Crippen molar-refractivity contribution in [3.8, 4) is 5.88 Å². The molecule has 0 saturated carbocycles. The number of sulfone groups is 1. The van der Waals surface area contributed by atoms with Crippen LogP contribution in [-0.4, -0.2) is 79.4 Å². The van der Waals surface area contributed by atoms with Gasteiger partial charge in [0, 0.05) is 43.5 Å². The van der Waals surface area contributed by atoms with E-state index in [0.29, 0.717) is 31.1 Å². The number of carbonyl (C=O) groups excluding carboxylic acids is 1. The maximum Gasteiger partial charge on any atom is 0.254 e. The van der Waals surface area contributed by atoms with Crippen molar-refractivity contribution >= 4 is 15.7 Å². The molecule has 1 aromatic rings. The monoisotopic (exact) mass is 379 g/mol. The molecule has 0 unspecified atom stereocenters. The second kappa shape index (κ2) is 7.36. The van der Waals surface area contributed by atoms with Crippen LogP contribution < -0.4 is 4.74 Å². The van der Waals surface area contributed by atoms with E-state index in [1.165, 1.54) is 18.9 Å². The second-order valence-corrected chi connectivity index (χ2v) is 9.23. The van der Waals surface area contributed by atoms with Crippen LogP contribution in [0.5, 0.6) is 5.88 Å². The summed E-state index contributed by atoms with van der Waals surface area (Å²) in [6.45, 7) is 5.94. The first-order valence-corrected chi connectivity index (χ1v) is 10.5. The van der Waals surface area contributed by atoms with Crippen LogP contribution in [0.2, 0.25) is 0 Å². The molecule has 8 heteroatoms. The standard InChI is InChI=1S/C18H25N3O4S/c1-13(2)5-7-20-8-9-21(16-12-26(23,24)11-15(16)20)18(22)14-4-6-19-17(10-14)25-3/h4-6,10,15-16H,7-9,11-12H2,1-3H3/t15-,16+/m1/s1. The fourth-order valence-corrected chi connectivity index (χ4v) is 5.64. The number of rotatable bonds is 4. The first-order valence-electron chi connectivity index (χ1n) is 8.69. The molecule has 0 N–H and O–H groups in total. The van der Waals surface area contributed by atoms with E-state index in [1.54, 1.807) is 17.0 Å². The minimum Gasteiger partial charge on any atom is -0.481 e. The Hall–Kier alpha value is -1.93. The minimum atomic E-state index is -3.16. The van der Waals surface area contributed by atoms with Crippen molar-refractivity contribution in [2.45, 2.75) is 25.9 Å². The zero-order valence-corrected chi connectivity index (χ0v) is 16.2. The van der Waals surface area contributed by atoms with Crippen molar-refractivity contribution in [3.05, 3.63) is 35.5 Å². The summed E-state index contributed by atoms with van der Waals surface area (Å²) in [4.78, 5) is 20.9. The van der Waals surface area contributed by atoms with Crippen LogP contribution in [0.15, 0.2) is 30.0 Å². The van der Waals surface area contributed by atoms with E-state index in [4.69, 9.17) is 4.74 Å². The van der Waals surface area contributed by atoms with Gasteiger partial charge in [0.15, 0.2) is 9.84 Å². The van der Waals surface area contributed by atoms with Gasteiger partial charge in [0.1, 0.15) is 0 Å². The second-order valence-electron chi connectivity index (χ2n) is 7.07. The van der Waals surface area contributed by atoms with Crippen molar-refractivity contribution in [2.24, 2.45) is 0 Å². The van der Waals surface area contributed by atoms with Crippen LogP contribution in [0.4, 0.5) is 0 Å². The molecule has 0 aromatic carbocycles. The summed E-state index contributed by atoms with van der Waals surface area (Å²) in [7, 11) is -1.66. The summed E-state index contributed by atoms with van der Waals surface area (Å²) in [5.41, 5.74) is 1.67. The highest BCUT2D eigenvalue weighted by molar-refractivity contribution is 7.91. The molecule has 7 nitrogen and oxygen atoms in total. The molecule has 1 amide bonds.